The molecule has 0 aliphatic heterocycles. The highest BCUT2D eigenvalue weighted by Gasteiger charge is 2.97. The van der Waals surface area contributed by atoms with Gasteiger partial charge in [0.2, 0.25) is 0 Å². The molecular weight excluding hydrogens is 1100 g/mol. The average molecular weight is 1110 g/mol. The third kappa shape index (κ3) is 6.94. The zero-order valence-electron chi connectivity index (χ0n) is 32.8. The second kappa shape index (κ2) is 15.6. The summed E-state index contributed by atoms with van der Waals surface area (Å²) in [5, 5.41) is -15.2. The molecule has 5 rings (SSSR count). The minimum Gasteiger partial charge on any atom is -0.194 e. The van der Waals surface area contributed by atoms with Gasteiger partial charge in [0.15, 0.2) is 0 Å². The van der Waals surface area contributed by atoms with Crippen LogP contribution in [0.3, 0.4) is 0 Å². The summed E-state index contributed by atoms with van der Waals surface area (Å²) in [7, 11) is 0. The lowest BCUT2D eigenvalue weighted by Crippen LogP contribution is -2.74. The second-order valence-electron chi connectivity index (χ2n) is 15.3. The van der Waals surface area contributed by atoms with Crippen molar-refractivity contribution >= 4 is 43.1 Å². The lowest BCUT2D eigenvalue weighted by Gasteiger charge is -2.43. The summed E-state index contributed by atoms with van der Waals surface area (Å²) < 4.78 is 493. The molecule has 402 valence electrons. The van der Waals surface area contributed by atoms with Crippen LogP contribution in [0.1, 0.15) is 11.1 Å². The number of hydrogen-bond donors (Lipinski definition) is 0. The molecule has 0 amide bonds. The molecule has 5 aromatic carbocycles. The summed E-state index contributed by atoms with van der Waals surface area (Å²) in [5.41, 5.74) is -7.00. The van der Waals surface area contributed by atoms with Gasteiger partial charge in [0.25, 0.3) is 0 Å². The van der Waals surface area contributed by atoms with Gasteiger partial charge in [0.05, 0.1) is 0 Å². The molecule has 34 heteroatoms. The van der Waals surface area contributed by atoms with E-state index in [4.69, 9.17) is 0 Å². The van der Waals surface area contributed by atoms with Gasteiger partial charge in [-0.15, -0.1) is 0 Å². The average Bonchev–Trinajstić information content (AvgIpc) is 3.22. The van der Waals surface area contributed by atoms with E-state index in [-0.39, 0.29) is 0 Å². The molecular formula is C38H12F34. The second-order valence-corrected chi connectivity index (χ2v) is 15.3. The van der Waals surface area contributed by atoms with Crippen molar-refractivity contribution < 1.29 is 149 Å². The third-order valence-electron chi connectivity index (χ3n) is 10.9. The summed E-state index contributed by atoms with van der Waals surface area (Å²) in [4.78, 5) is 0. The van der Waals surface area contributed by atoms with Crippen LogP contribution in [0.25, 0.3) is 43.1 Å². The molecule has 0 N–H and O–H groups in total. The van der Waals surface area contributed by atoms with Crippen molar-refractivity contribution in [3.63, 3.8) is 0 Å². The Morgan fingerprint density at radius 1 is 0.194 bits per heavy atom. The molecule has 5 aromatic rings. The van der Waals surface area contributed by atoms with E-state index in [0.29, 0.717) is 48.5 Å². The molecule has 0 saturated heterocycles. The van der Waals surface area contributed by atoms with E-state index in [0.717, 1.165) is 0 Å². The van der Waals surface area contributed by atoms with Crippen molar-refractivity contribution in [2.45, 2.75) is 95.3 Å². The first kappa shape index (κ1) is 57.7. The van der Waals surface area contributed by atoms with Crippen molar-refractivity contribution in [2.24, 2.45) is 0 Å². The number of benzene rings is 5. The van der Waals surface area contributed by atoms with Crippen LogP contribution in [0.15, 0.2) is 72.8 Å². The van der Waals surface area contributed by atoms with Crippen LogP contribution in [0.4, 0.5) is 149 Å². The van der Waals surface area contributed by atoms with Crippen molar-refractivity contribution in [1.82, 2.24) is 0 Å². The number of alkyl halides is 34. The maximum Gasteiger partial charge on any atom is 0.460 e. The van der Waals surface area contributed by atoms with Crippen molar-refractivity contribution in [3.05, 3.63) is 83.9 Å². The van der Waals surface area contributed by atoms with Crippen molar-refractivity contribution in [2.75, 3.05) is 0 Å². The maximum atomic E-state index is 16.6. The van der Waals surface area contributed by atoms with E-state index in [1.807, 2.05) is 0 Å². The molecule has 0 aromatic heterocycles. The van der Waals surface area contributed by atoms with Crippen molar-refractivity contribution in [3.8, 4) is 0 Å². The Morgan fingerprint density at radius 3 is 0.514 bits per heavy atom. The molecule has 0 atom stereocenters. The Balaban J connectivity index is 1.98. The zero-order chi connectivity index (χ0) is 56.3. The largest absolute Gasteiger partial charge is 0.460 e. The van der Waals surface area contributed by atoms with E-state index in [2.05, 4.69) is 0 Å². The Hall–Kier alpha value is -5.24. The van der Waals surface area contributed by atoms with Gasteiger partial charge in [-0.1, -0.05) is 48.5 Å². The van der Waals surface area contributed by atoms with Gasteiger partial charge < -0.3 is 0 Å². The molecule has 0 bridgehead atoms. The maximum absolute atomic E-state index is 16.6. The fraction of sp³-hybridized carbons (Fsp3) is 0.421. The summed E-state index contributed by atoms with van der Waals surface area (Å²) in [6.45, 7) is 0. The van der Waals surface area contributed by atoms with E-state index < -0.39 is 174 Å². The van der Waals surface area contributed by atoms with E-state index >= 15 is 52.7 Å². The number of fused-ring (bicyclic) bond motifs is 4. The highest BCUT2D eigenvalue weighted by atomic mass is 19.4. The molecule has 0 spiro atoms. The van der Waals surface area contributed by atoms with Crippen LogP contribution in [-0.4, -0.2) is 83.4 Å². The van der Waals surface area contributed by atoms with E-state index in [1.54, 1.807) is 0 Å². The number of hydrogen-bond acceptors (Lipinski definition) is 0. The number of rotatable bonds is 14. The van der Waals surface area contributed by atoms with Crippen LogP contribution in [0, 0.1) is 0 Å². The fourth-order valence-electron chi connectivity index (χ4n) is 6.92. The molecule has 0 unspecified atom stereocenters. The Morgan fingerprint density at radius 2 is 0.347 bits per heavy atom. The summed E-state index contributed by atoms with van der Waals surface area (Å²) >= 11 is 0. The van der Waals surface area contributed by atoms with Gasteiger partial charge in [-0.2, -0.15) is 149 Å². The topological polar surface area (TPSA) is 0 Å². The van der Waals surface area contributed by atoms with Gasteiger partial charge in [0.1, 0.15) is 0 Å². The molecule has 0 aliphatic carbocycles. The monoisotopic (exact) mass is 1110 g/mol. The predicted molar refractivity (Wildman–Crippen MR) is 176 cm³/mol. The standard InChI is InChI=1S/C38H12F34/c39-23(40,25(43,44)27(47,48)29(51,52)31(55,56)33(59,60)35(63,64)37(67,68)69)21-17-9-13-5-1-2-6-14(13)10-18(17)22(20-12-16-8-4-3-7-15(16)11-19(20)21)24(41,42)26(45,46)28(49,50)30(53,54)32(57,58)34(61,62)36(65,66)38(70,71)72/h1-12H. The van der Waals surface area contributed by atoms with E-state index in [1.165, 1.54) is 0 Å². The van der Waals surface area contributed by atoms with Gasteiger partial charge in [0, 0.05) is 11.1 Å². The highest BCUT2D eigenvalue weighted by molar-refractivity contribution is 6.14. The van der Waals surface area contributed by atoms with Crippen LogP contribution in [0.2, 0.25) is 0 Å². The first-order chi connectivity index (χ1) is 31.6. The quantitative estimate of drug-likeness (QED) is 0.0768. The summed E-state index contributed by atoms with van der Waals surface area (Å²) in [6.07, 6.45) is -16.4. The van der Waals surface area contributed by atoms with Crippen LogP contribution >= 0.6 is 0 Å². The first-order valence-corrected chi connectivity index (χ1v) is 17.9. The molecule has 0 heterocycles. The minimum atomic E-state index is -9.33. The number of halogens is 34. The minimum absolute atomic E-state index is 0.450. The van der Waals surface area contributed by atoms with Gasteiger partial charge in [-0.05, 0) is 67.4 Å². The van der Waals surface area contributed by atoms with Gasteiger partial charge in [-0.25, -0.2) is 0 Å². The molecule has 0 nitrogen and oxygen atoms in total. The molecule has 0 aliphatic rings. The van der Waals surface area contributed by atoms with Gasteiger partial charge in [-0.3, -0.25) is 0 Å². The highest BCUT2D eigenvalue weighted by Crippen LogP contribution is 2.69. The fourth-order valence-corrected chi connectivity index (χ4v) is 6.92. The SMILES string of the molecule is FC(F)(F)C(F)(F)C(F)(F)C(F)(F)C(F)(F)C(F)(F)C(F)(F)C(F)(F)c1c2cc3ccccc3cc2c(C(F)(F)C(F)(F)C(F)(F)C(F)(F)C(F)(F)C(F)(F)C(F)(F)C(F)(F)F)c2cc3ccccc3cc12. The predicted octanol–water partition coefficient (Wildman–Crippen LogP) is 17.2. The van der Waals surface area contributed by atoms with Gasteiger partial charge >= 0.3 is 95.3 Å². The van der Waals surface area contributed by atoms with Crippen LogP contribution < -0.4 is 0 Å². The summed E-state index contributed by atoms with van der Waals surface area (Å²) in [5.74, 6) is -124. The van der Waals surface area contributed by atoms with Crippen molar-refractivity contribution in [1.29, 1.82) is 0 Å². The lowest BCUT2D eigenvalue weighted by molar-refractivity contribution is -0.462. The molecule has 72 heavy (non-hydrogen) atoms. The summed E-state index contributed by atoms with van der Waals surface area (Å²) in [6, 6.07) is 2.66. The van der Waals surface area contributed by atoms with Crippen LogP contribution in [-0.2, 0) is 11.8 Å². The molecule has 0 radical (unpaired) electrons. The molecule has 0 saturated carbocycles. The normalized spacial score (nSPS) is 15.9. The van der Waals surface area contributed by atoms with Crippen LogP contribution in [0.5, 0.6) is 0 Å². The third-order valence-corrected chi connectivity index (χ3v) is 10.9. The smallest absolute Gasteiger partial charge is 0.194 e. The lowest BCUT2D eigenvalue weighted by atomic mass is 9.79. The zero-order valence-corrected chi connectivity index (χ0v) is 32.8. The molecule has 0 fully saturated rings. The Kier molecular flexibility index (Phi) is 12.5. The van der Waals surface area contributed by atoms with E-state index in [9.17, 15) is 96.6 Å². The Bertz CT molecular complexity index is 2620. The first-order valence-electron chi connectivity index (χ1n) is 17.9. The Labute approximate surface area is 372 Å².